The molecular weight excluding hydrogens is 348 g/mol. The molecule has 0 radical (unpaired) electrons. The van der Waals surface area contributed by atoms with Gasteiger partial charge in [0.1, 0.15) is 13.2 Å². The van der Waals surface area contributed by atoms with Crippen LogP contribution in [0.3, 0.4) is 0 Å². The maximum absolute atomic E-state index is 12.1. The molecule has 0 N–H and O–H groups in total. The summed E-state index contributed by atoms with van der Waals surface area (Å²) in [5, 5.41) is 9.62. The highest BCUT2D eigenvalue weighted by atomic mass is 16.5. The number of carbonyl (C=O) groups excluding carboxylic acids is 1. The smallest absolute Gasteiger partial charge is 0.248 e. The molecule has 0 atom stereocenters. The summed E-state index contributed by atoms with van der Waals surface area (Å²) in [4.78, 5) is 20.9. The fourth-order valence-corrected chi connectivity index (χ4v) is 3.42. The lowest BCUT2D eigenvalue weighted by atomic mass is 10.2. The van der Waals surface area contributed by atoms with Crippen LogP contribution >= 0.6 is 0 Å². The van der Waals surface area contributed by atoms with E-state index >= 15 is 0 Å². The number of nitrogens with zero attached hydrogens (tertiary/aromatic N) is 6. The summed E-state index contributed by atoms with van der Waals surface area (Å²) in [5.41, 5.74) is 1.63. The maximum Gasteiger partial charge on any atom is 0.248 e. The average molecular weight is 370 g/mol. The van der Waals surface area contributed by atoms with Crippen molar-refractivity contribution < 1.29 is 14.3 Å². The Hall–Kier alpha value is -2.78. The van der Waals surface area contributed by atoms with Crippen LogP contribution in [0.4, 0.5) is 5.95 Å². The van der Waals surface area contributed by atoms with Gasteiger partial charge in [-0.2, -0.15) is 0 Å². The molecule has 0 aliphatic carbocycles. The van der Waals surface area contributed by atoms with E-state index in [2.05, 4.69) is 15.1 Å². The van der Waals surface area contributed by atoms with E-state index in [-0.39, 0.29) is 12.5 Å². The standard InChI is InChI=1S/C18H22N6O3/c1-26-11-15-20-21-17-13-5-3-4-6-14(13)19-18(24(15)17)23-9-7-22(8-10-23)16(25)12-27-2/h3-6H,7-12H2,1-2H3. The van der Waals surface area contributed by atoms with Crippen LogP contribution in [-0.4, -0.2) is 77.4 Å². The van der Waals surface area contributed by atoms with E-state index in [9.17, 15) is 4.79 Å². The van der Waals surface area contributed by atoms with Crippen molar-refractivity contribution in [3.63, 3.8) is 0 Å². The molecule has 0 bridgehead atoms. The number of amides is 1. The normalized spacial score (nSPS) is 15.0. The molecule has 1 aliphatic rings. The fourth-order valence-electron chi connectivity index (χ4n) is 3.42. The molecule has 1 saturated heterocycles. The highest BCUT2D eigenvalue weighted by Crippen LogP contribution is 2.25. The van der Waals surface area contributed by atoms with Crippen molar-refractivity contribution in [3.8, 4) is 0 Å². The zero-order valence-corrected chi connectivity index (χ0v) is 15.5. The first-order chi connectivity index (χ1) is 13.2. The Morgan fingerprint density at radius 3 is 2.59 bits per heavy atom. The first-order valence-electron chi connectivity index (χ1n) is 8.86. The van der Waals surface area contributed by atoms with Crippen molar-refractivity contribution in [1.29, 1.82) is 0 Å². The lowest BCUT2D eigenvalue weighted by Crippen LogP contribution is -2.50. The molecule has 9 nitrogen and oxygen atoms in total. The lowest BCUT2D eigenvalue weighted by molar-refractivity contribution is -0.135. The summed E-state index contributed by atoms with van der Waals surface area (Å²) >= 11 is 0. The molecule has 0 saturated carbocycles. The number of para-hydroxylation sites is 1. The van der Waals surface area contributed by atoms with Gasteiger partial charge in [0.2, 0.25) is 11.9 Å². The third-order valence-electron chi connectivity index (χ3n) is 4.75. The van der Waals surface area contributed by atoms with Crippen molar-refractivity contribution >= 4 is 28.4 Å². The minimum Gasteiger partial charge on any atom is -0.377 e. The monoisotopic (exact) mass is 370 g/mol. The number of methoxy groups -OCH3 is 2. The summed E-state index contributed by atoms with van der Waals surface area (Å²) < 4.78 is 12.2. The summed E-state index contributed by atoms with van der Waals surface area (Å²) in [6, 6.07) is 7.90. The molecule has 1 aromatic carbocycles. The molecule has 1 fully saturated rings. The quantitative estimate of drug-likeness (QED) is 0.654. The van der Waals surface area contributed by atoms with Gasteiger partial charge in [-0.25, -0.2) is 9.38 Å². The number of carbonyl (C=O) groups is 1. The molecule has 9 heteroatoms. The summed E-state index contributed by atoms with van der Waals surface area (Å²) in [6.45, 7) is 3.07. The maximum atomic E-state index is 12.1. The SMILES string of the molecule is COCC(=O)N1CCN(c2nc3ccccc3c3nnc(COC)n23)CC1. The number of benzene rings is 1. The van der Waals surface area contributed by atoms with Crippen LogP contribution in [0.15, 0.2) is 24.3 Å². The molecule has 3 aromatic rings. The predicted octanol–water partition coefficient (Wildman–Crippen LogP) is 0.719. The Balaban J connectivity index is 1.72. The van der Waals surface area contributed by atoms with Crippen molar-refractivity contribution in [2.75, 3.05) is 51.9 Å². The number of anilines is 1. The average Bonchev–Trinajstić information content (AvgIpc) is 3.12. The van der Waals surface area contributed by atoms with Gasteiger partial charge in [0.05, 0.1) is 5.52 Å². The van der Waals surface area contributed by atoms with E-state index < -0.39 is 0 Å². The Bertz CT molecular complexity index is 964. The van der Waals surface area contributed by atoms with Crippen molar-refractivity contribution in [3.05, 3.63) is 30.1 Å². The van der Waals surface area contributed by atoms with Gasteiger partial charge in [0.15, 0.2) is 11.5 Å². The second-order valence-electron chi connectivity index (χ2n) is 6.44. The Kier molecular flexibility index (Phi) is 4.87. The van der Waals surface area contributed by atoms with Gasteiger partial charge in [-0.1, -0.05) is 12.1 Å². The van der Waals surface area contributed by atoms with Crippen LogP contribution in [0, 0.1) is 0 Å². The van der Waals surface area contributed by atoms with Crippen molar-refractivity contribution in [2.45, 2.75) is 6.61 Å². The largest absolute Gasteiger partial charge is 0.377 e. The Morgan fingerprint density at radius 2 is 1.85 bits per heavy atom. The molecule has 1 amide bonds. The second kappa shape index (κ2) is 7.45. The second-order valence-corrected chi connectivity index (χ2v) is 6.44. The number of hydrogen-bond donors (Lipinski definition) is 0. The summed E-state index contributed by atoms with van der Waals surface area (Å²) in [5.74, 6) is 1.50. The van der Waals surface area contributed by atoms with E-state index in [0.717, 1.165) is 22.5 Å². The van der Waals surface area contributed by atoms with Gasteiger partial charge >= 0.3 is 0 Å². The zero-order chi connectivity index (χ0) is 18.8. The van der Waals surface area contributed by atoms with Gasteiger partial charge < -0.3 is 19.3 Å². The topological polar surface area (TPSA) is 85.1 Å². The van der Waals surface area contributed by atoms with Crippen LogP contribution in [0.1, 0.15) is 5.82 Å². The number of piperazine rings is 1. The van der Waals surface area contributed by atoms with Gasteiger partial charge in [-0.05, 0) is 12.1 Å². The van der Waals surface area contributed by atoms with Crippen molar-refractivity contribution in [1.82, 2.24) is 24.5 Å². The molecule has 27 heavy (non-hydrogen) atoms. The van der Waals surface area contributed by atoms with Crippen LogP contribution < -0.4 is 4.90 Å². The summed E-state index contributed by atoms with van der Waals surface area (Å²) in [6.07, 6.45) is 0. The Morgan fingerprint density at radius 1 is 1.07 bits per heavy atom. The van der Waals surface area contributed by atoms with Crippen LogP contribution in [0.5, 0.6) is 0 Å². The number of hydrogen-bond acceptors (Lipinski definition) is 7. The summed E-state index contributed by atoms with van der Waals surface area (Å²) in [7, 11) is 3.17. The van der Waals surface area contributed by atoms with Gasteiger partial charge in [0.25, 0.3) is 0 Å². The predicted molar refractivity (Wildman–Crippen MR) is 99.7 cm³/mol. The van der Waals surface area contributed by atoms with E-state index in [1.165, 1.54) is 7.11 Å². The molecule has 2 aromatic heterocycles. The first-order valence-corrected chi connectivity index (χ1v) is 8.86. The van der Waals surface area contributed by atoms with Crippen LogP contribution in [0.2, 0.25) is 0 Å². The van der Waals surface area contributed by atoms with Gasteiger partial charge in [-0.15, -0.1) is 10.2 Å². The van der Waals surface area contributed by atoms with Crippen LogP contribution in [0.25, 0.3) is 16.6 Å². The minimum absolute atomic E-state index is 0.0122. The number of ether oxygens (including phenoxy) is 2. The van der Waals surface area contributed by atoms with E-state index in [1.807, 2.05) is 33.6 Å². The number of aromatic nitrogens is 4. The van der Waals surface area contributed by atoms with Gasteiger partial charge in [0, 0.05) is 45.8 Å². The Labute approximate surface area is 156 Å². The highest BCUT2D eigenvalue weighted by molar-refractivity contribution is 5.92. The molecule has 0 unspecified atom stereocenters. The van der Waals surface area contributed by atoms with Gasteiger partial charge in [-0.3, -0.25) is 4.79 Å². The zero-order valence-electron chi connectivity index (χ0n) is 15.5. The molecule has 0 spiro atoms. The van der Waals surface area contributed by atoms with Crippen molar-refractivity contribution in [2.24, 2.45) is 0 Å². The molecule has 3 heterocycles. The van der Waals surface area contributed by atoms with E-state index in [1.54, 1.807) is 7.11 Å². The number of fused-ring (bicyclic) bond motifs is 3. The van der Waals surface area contributed by atoms with E-state index in [4.69, 9.17) is 14.5 Å². The lowest BCUT2D eigenvalue weighted by Gasteiger charge is -2.35. The molecular formula is C18H22N6O3. The first kappa shape index (κ1) is 17.6. The van der Waals surface area contributed by atoms with Crippen LogP contribution in [-0.2, 0) is 20.9 Å². The fraction of sp³-hybridized carbons (Fsp3) is 0.444. The highest BCUT2D eigenvalue weighted by Gasteiger charge is 2.25. The third kappa shape index (κ3) is 3.19. The minimum atomic E-state index is 0.0122. The van der Waals surface area contributed by atoms with E-state index in [0.29, 0.717) is 38.6 Å². The third-order valence-corrected chi connectivity index (χ3v) is 4.75. The molecule has 142 valence electrons. The molecule has 4 rings (SSSR count). The molecule has 1 aliphatic heterocycles. The number of rotatable bonds is 5.